The highest BCUT2D eigenvalue weighted by Crippen LogP contribution is 2.12. The Morgan fingerprint density at radius 3 is 2.45 bits per heavy atom. The van der Waals surface area contributed by atoms with Crippen LogP contribution in [0.25, 0.3) is 0 Å². The quantitative estimate of drug-likeness (QED) is 0.437. The molecule has 0 unspecified atom stereocenters. The number of nitro groups is 1. The first-order valence-corrected chi connectivity index (χ1v) is 5.83. The molecule has 0 aliphatic rings. The maximum Gasteiger partial charge on any atom is 0.407 e. The summed E-state index contributed by atoms with van der Waals surface area (Å²) in [6, 6.07) is 5.61. The van der Waals surface area contributed by atoms with Crippen LogP contribution >= 0.6 is 0 Å². The van der Waals surface area contributed by atoms with Gasteiger partial charge in [-0.3, -0.25) is 10.1 Å². The number of carboxylic acid groups (broad SMARTS) is 1. The third kappa shape index (κ3) is 5.80. The van der Waals surface area contributed by atoms with Crippen molar-refractivity contribution in [2.45, 2.75) is 19.4 Å². The fraction of sp³-hybridized carbons (Fsp3) is 0.333. The molecule has 0 aliphatic carbocycles. The van der Waals surface area contributed by atoms with Crippen molar-refractivity contribution in [2.24, 2.45) is 0 Å². The van der Waals surface area contributed by atoms with Crippen molar-refractivity contribution in [1.82, 2.24) is 5.32 Å². The van der Waals surface area contributed by atoms with E-state index in [0.717, 1.165) is 0 Å². The fourth-order valence-electron chi connectivity index (χ4n) is 1.34. The van der Waals surface area contributed by atoms with Crippen LogP contribution in [0.3, 0.4) is 0 Å². The molecule has 0 fully saturated rings. The van der Waals surface area contributed by atoms with Crippen molar-refractivity contribution in [2.75, 3.05) is 6.54 Å². The average Bonchev–Trinajstić information content (AvgIpc) is 2.41. The minimum atomic E-state index is -1.17. The van der Waals surface area contributed by atoms with E-state index in [1.165, 1.54) is 24.3 Å². The van der Waals surface area contributed by atoms with E-state index in [1.54, 1.807) is 0 Å². The number of alkyl carbamates (subject to hydrolysis) is 1. The standard InChI is InChI=1S/C12H14N2O6/c15-11(16)2-1-7-13-12(17)20-8-9-3-5-10(6-4-9)14(18)19/h3-6H,1-2,7-8H2,(H,13,17)(H,15,16)/p-1. The molecule has 0 spiro atoms. The van der Waals surface area contributed by atoms with Crippen LogP contribution in [-0.4, -0.2) is 23.5 Å². The molecule has 8 nitrogen and oxygen atoms in total. The van der Waals surface area contributed by atoms with E-state index in [-0.39, 0.29) is 31.7 Å². The van der Waals surface area contributed by atoms with Crippen LogP contribution in [0.2, 0.25) is 0 Å². The average molecular weight is 281 g/mol. The number of carboxylic acids is 1. The lowest BCUT2D eigenvalue weighted by atomic mass is 10.2. The summed E-state index contributed by atoms with van der Waals surface area (Å²) in [5.41, 5.74) is 0.570. The van der Waals surface area contributed by atoms with Crippen molar-refractivity contribution in [3.8, 4) is 0 Å². The van der Waals surface area contributed by atoms with Crippen molar-refractivity contribution in [3.05, 3.63) is 39.9 Å². The number of aliphatic carboxylic acids is 1. The molecule has 0 aromatic heterocycles. The summed E-state index contributed by atoms with van der Waals surface area (Å²) in [7, 11) is 0. The molecule has 1 amide bonds. The Labute approximate surface area is 114 Å². The summed E-state index contributed by atoms with van der Waals surface area (Å²) >= 11 is 0. The van der Waals surface area contributed by atoms with Crippen LogP contribution in [0.5, 0.6) is 0 Å². The van der Waals surface area contributed by atoms with Crippen molar-refractivity contribution in [3.63, 3.8) is 0 Å². The number of carbonyl (C=O) groups excluding carboxylic acids is 2. The predicted octanol–water partition coefficient (Wildman–Crippen LogP) is 0.351. The molecule has 1 aromatic rings. The number of ether oxygens (including phenoxy) is 1. The Hall–Kier alpha value is -2.64. The van der Waals surface area contributed by atoms with Gasteiger partial charge in [0.05, 0.1) is 4.92 Å². The van der Waals surface area contributed by atoms with Gasteiger partial charge in [0.25, 0.3) is 5.69 Å². The van der Waals surface area contributed by atoms with Crippen molar-refractivity contribution >= 4 is 17.7 Å². The number of non-ortho nitro benzene ring substituents is 1. The normalized spacial score (nSPS) is 9.80. The number of rotatable bonds is 7. The molecule has 20 heavy (non-hydrogen) atoms. The number of nitro benzene ring substituents is 1. The van der Waals surface area contributed by atoms with Gasteiger partial charge in [0.15, 0.2) is 0 Å². The highest BCUT2D eigenvalue weighted by Gasteiger charge is 2.06. The van der Waals surface area contributed by atoms with E-state index in [0.29, 0.717) is 5.56 Å². The molecule has 0 bridgehead atoms. The monoisotopic (exact) mass is 281 g/mol. The van der Waals surface area contributed by atoms with E-state index in [9.17, 15) is 24.8 Å². The van der Waals surface area contributed by atoms with E-state index in [2.05, 4.69) is 5.32 Å². The minimum absolute atomic E-state index is 0.0235. The predicted molar refractivity (Wildman–Crippen MR) is 65.5 cm³/mol. The van der Waals surface area contributed by atoms with Gasteiger partial charge in [-0.25, -0.2) is 4.79 Å². The summed E-state index contributed by atoms with van der Waals surface area (Å²) in [5.74, 6) is -1.17. The largest absolute Gasteiger partial charge is 0.550 e. The van der Waals surface area contributed by atoms with Crippen molar-refractivity contribution in [1.29, 1.82) is 0 Å². The Kier molecular flexibility index (Phi) is 5.95. The van der Waals surface area contributed by atoms with Crippen molar-refractivity contribution < 1.29 is 24.4 Å². The number of amides is 1. The molecule has 0 atom stereocenters. The number of carbonyl (C=O) groups is 2. The van der Waals surface area contributed by atoms with Gasteiger partial charge in [0, 0.05) is 24.6 Å². The van der Waals surface area contributed by atoms with Gasteiger partial charge in [-0.15, -0.1) is 0 Å². The molecule has 0 saturated heterocycles. The number of nitrogens with zero attached hydrogens (tertiary/aromatic N) is 1. The Balaban J connectivity index is 2.26. The number of hydrogen-bond acceptors (Lipinski definition) is 6. The Morgan fingerprint density at radius 2 is 1.90 bits per heavy atom. The van der Waals surface area contributed by atoms with Gasteiger partial charge in [-0.05, 0) is 30.5 Å². The minimum Gasteiger partial charge on any atom is -0.550 e. The molecule has 0 aliphatic heterocycles. The summed E-state index contributed by atoms with van der Waals surface area (Å²) in [6.45, 7) is 0.150. The van der Waals surface area contributed by atoms with Crippen LogP contribution in [0.4, 0.5) is 10.5 Å². The highest BCUT2D eigenvalue weighted by atomic mass is 16.6. The lowest BCUT2D eigenvalue weighted by molar-refractivity contribution is -0.384. The zero-order valence-corrected chi connectivity index (χ0v) is 10.5. The summed E-state index contributed by atoms with van der Waals surface area (Å²) in [5, 5.41) is 22.9. The maximum absolute atomic E-state index is 11.2. The van der Waals surface area contributed by atoms with Gasteiger partial charge in [0.2, 0.25) is 0 Å². The third-order valence-corrected chi connectivity index (χ3v) is 2.34. The molecule has 0 heterocycles. The second kappa shape index (κ2) is 7.72. The Bertz CT molecular complexity index is 485. The lowest BCUT2D eigenvalue weighted by Gasteiger charge is -2.07. The van der Waals surface area contributed by atoms with E-state index in [4.69, 9.17) is 4.74 Å². The first kappa shape index (κ1) is 15.4. The van der Waals surface area contributed by atoms with Gasteiger partial charge in [-0.1, -0.05) is 0 Å². The molecule has 1 N–H and O–H groups in total. The lowest BCUT2D eigenvalue weighted by Crippen LogP contribution is -2.28. The van der Waals surface area contributed by atoms with Crippen LogP contribution in [0.15, 0.2) is 24.3 Å². The van der Waals surface area contributed by atoms with E-state index >= 15 is 0 Å². The van der Waals surface area contributed by atoms with Crippen LogP contribution in [-0.2, 0) is 16.1 Å². The zero-order valence-electron chi connectivity index (χ0n) is 10.5. The highest BCUT2D eigenvalue weighted by molar-refractivity contribution is 5.67. The van der Waals surface area contributed by atoms with Crippen LogP contribution in [0, 0.1) is 10.1 Å². The molecule has 1 rings (SSSR count). The summed E-state index contributed by atoms with van der Waals surface area (Å²) in [6.07, 6.45) is -0.556. The first-order valence-electron chi connectivity index (χ1n) is 5.83. The summed E-state index contributed by atoms with van der Waals surface area (Å²) < 4.78 is 4.85. The second-order valence-electron chi connectivity index (χ2n) is 3.90. The van der Waals surface area contributed by atoms with Gasteiger partial charge >= 0.3 is 6.09 Å². The topological polar surface area (TPSA) is 122 Å². The zero-order chi connectivity index (χ0) is 15.0. The maximum atomic E-state index is 11.2. The van der Waals surface area contributed by atoms with Crippen LogP contribution < -0.4 is 10.4 Å². The third-order valence-electron chi connectivity index (χ3n) is 2.34. The molecular weight excluding hydrogens is 268 g/mol. The van der Waals surface area contributed by atoms with E-state index in [1.807, 2.05) is 0 Å². The van der Waals surface area contributed by atoms with Gasteiger partial charge < -0.3 is 20.0 Å². The number of nitrogens with one attached hydrogen (secondary N) is 1. The second-order valence-corrected chi connectivity index (χ2v) is 3.90. The molecular formula is C12H13N2O6-. The Morgan fingerprint density at radius 1 is 1.25 bits per heavy atom. The molecule has 0 saturated carbocycles. The SMILES string of the molecule is O=C([O-])CCCNC(=O)OCc1ccc([N+](=O)[O-])cc1. The van der Waals surface area contributed by atoms with Gasteiger partial charge in [0.1, 0.15) is 6.61 Å². The smallest absolute Gasteiger partial charge is 0.407 e. The molecule has 108 valence electrons. The van der Waals surface area contributed by atoms with Gasteiger partial charge in [-0.2, -0.15) is 0 Å². The van der Waals surface area contributed by atoms with Crippen LogP contribution in [0.1, 0.15) is 18.4 Å². The molecule has 0 radical (unpaired) electrons. The first-order chi connectivity index (χ1) is 9.49. The fourth-order valence-corrected chi connectivity index (χ4v) is 1.34. The molecule has 1 aromatic carbocycles. The number of hydrogen-bond donors (Lipinski definition) is 1. The van der Waals surface area contributed by atoms with E-state index < -0.39 is 17.0 Å². The molecule has 8 heteroatoms. The summed E-state index contributed by atoms with van der Waals surface area (Å²) in [4.78, 5) is 31.3. The number of benzene rings is 1.